The van der Waals surface area contributed by atoms with Gasteiger partial charge in [0.25, 0.3) is 0 Å². The highest BCUT2D eigenvalue weighted by molar-refractivity contribution is 9.10. The van der Waals surface area contributed by atoms with Crippen molar-refractivity contribution in [3.63, 3.8) is 0 Å². The number of carbonyl (C=O) groups excluding carboxylic acids is 1. The molecule has 2 aromatic carbocycles. The van der Waals surface area contributed by atoms with E-state index < -0.39 is 0 Å². The summed E-state index contributed by atoms with van der Waals surface area (Å²) in [5.74, 6) is -0.0630. The number of nitrogens with one attached hydrogen (secondary N) is 1. The molecule has 0 saturated carbocycles. The molecule has 0 aromatic heterocycles. The molecule has 0 saturated heterocycles. The van der Waals surface area contributed by atoms with E-state index in [1.165, 1.54) is 11.8 Å². The van der Waals surface area contributed by atoms with Gasteiger partial charge in [-0.25, -0.2) is 0 Å². The molecule has 3 nitrogen and oxygen atoms in total. The first kappa shape index (κ1) is 16.2. The summed E-state index contributed by atoms with van der Waals surface area (Å²) in [6.07, 6.45) is 0. The summed E-state index contributed by atoms with van der Waals surface area (Å²) in [5, 5.41) is 4.06. The van der Waals surface area contributed by atoms with Gasteiger partial charge in [0.05, 0.1) is 5.75 Å². The Labute approximate surface area is 141 Å². The fourth-order valence-corrected chi connectivity index (χ4v) is 3.11. The molecule has 6 heteroatoms. The summed E-state index contributed by atoms with van der Waals surface area (Å²) in [6, 6.07) is 13.5. The normalized spacial score (nSPS) is 10.4. The SMILES string of the molecule is NC(=O)CSc1ccccc1NCc1cc(Cl)ccc1Br. The molecule has 0 unspecified atom stereocenters. The van der Waals surface area contributed by atoms with Gasteiger partial charge in [-0.2, -0.15) is 0 Å². The van der Waals surface area contributed by atoms with Crippen LogP contribution in [-0.2, 0) is 11.3 Å². The molecule has 0 fully saturated rings. The standard InChI is InChI=1S/C15H14BrClN2OS/c16-12-6-5-11(17)7-10(12)8-19-13-3-1-2-4-14(13)21-9-15(18)20/h1-7,19H,8-9H2,(H2,18,20). The second-order valence-corrected chi connectivity index (χ2v) is 6.65. The predicted octanol–water partition coefficient (Wildman–Crippen LogP) is 4.29. The van der Waals surface area contributed by atoms with E-state index in [9.17, 15) is 4.79 Å². The van der Waals surface area contributed by atoms with E-state index in [0.29, 0.717) is 11.6 Å². The lowest BCUT2D eigenvalue weighted by molar-refractivity contribution is -0.115. The first-order valence-electron chi connectivity index (χ1n) is 6.24. The van der Waals surface area contributed by atoms with Gasteiger partial charge >= 0.3 is 0 Å². The summed E-state index contributed by atoms with van der Waals surface area (Å²) < 4.78 is 1.00. The minimum Gasteiger partial charge on any atom is -0.380 e. The number of anilines is 1. The molecule has 0 spiro atoms. The van der Waals surface area contributed by atoms with Crippen LogP contribution >= 0.6 is 39.3 Å². The number of amides is 1. The van der Waals surface area contributed by atoms with Gasteiger partial charge in [0.2, 0.25) is 5.91 Å². The van der Waals surface area contributed by atoms with Gasteiger partial charge in [0.1, 0.15) is 0 Å². The number of benzene rings is 2. The molecular weight excluding hydrogens is 372 g/mol. The summed E-state index contributed by atoms with van der Waals surface area (Å²) in [4.78, 5) is 11.9. The Morgan fingerprint density at radius 3 is 2.81 bits per heavy atom. The minimum absolute atomic E-state index is 0.263. The molecule has 0 bridgehead atoms. The van der Waals surface area contributed by atoms with Crippen molar-refractivity contribution < 1.29 is 4.79 Å². The second kappa shape index (κ2) is 7.73. The largest absolute Gasteiger partial charge is 0.380 e. The van der Waals surface area contributed by atoms with Crippen LogP contribution in [0.2, 0.25) is 5.02 Å². The highest BCUT2D eigenvalue weighted by Crippen LogP contribution is 2.28. The maximum absolute atomic E-state index is 10.9. The average molecular weight is 386 g/mol. The number of hydrogen-bond donors (Lipinski definition) is 2. The van der Waals surface area contributed by atoms with E-state index in [4.69, 9.17) is 17.3 Å². The number of primary amides is 1. The zero-order valence-electron chi connectivity index (χ0n) is 11.1. The molecule has 2 rings (SSSR count). The third-order valence-corrected chi connectivity index (χ3v) is 4.84. The van der Waals surface area contributed by atoms with Crippen molar-refractivity contribution in [2.75, 3.05) is 11.1 Å². The Balaban J connectivity index is 2.09. The fraction of sp³-hybridized carbons (Fsp3) is 0.133. The Kier molecular flexibility index (Phi) is 5.96. The third kappa shape index (κ3) is 4.95. The van der Waals surface area contributed by atoms with Gasteiger partial charge < -0.3 is 11.1 Å². The first-order chi connectivity index (χ1) is 10.1. The molecule has 0 aliphatic carbocycles. The van der Waals surface area contributed by atoms with Gasteiger partial charge in [-0.3, -0.25) is 4.79 Å². The van der Waals surface area contributed by atoms with Crippen LogP contribution in [0.5, 0.6) is 0 Å². The van der Waals surface area contributed by atoms with Gasteiger partial charge in [-0.15, -0.1) is 11.8 Å². The number of nitrogens with two attached hydrogens (primary N) is 1. The maximum atomic E-state index is 10.9. The number of para-hydroxylation sites is 1. The quantitative estimate of drug-likeness (QED) is 0.729. The molecule has 0 heterocycles. The van der Waals surface area contributed by atoms with Crippen LogP contribution < -0.4 is 11.1 Å². The van der Waals surface area contributed by atoms with Crippen molar-refractivity contribution in [1.82, 2.24) is 0 Å². The van der Waals surface area contributed by atoms with Gasteiger partial charge in [-0.1, -0.05) is 39.7 Å². The Morgan fingerprint density at radius 2 is 2.05 bits per heavy atom. The van der Waals surface area contributed by atoms with Gasteiger partial charge in [0, 0.05) is 26.6 Å². The monoisotopic (exact) mass is 384 g/mol. The highest BCUT2D eigenvalue weighted by Gasteiger charge is 2.06. The number of hydrogen-bond acceptors (Lipinski definition) is 3. The van der Waals surface area contributed by atoms with Crippen LogP contribution in [0.1, 0.15) is 5.56 Å². The van der Waals surface area contributed by atoms with Crippen molar-refractivity contribution >= 4 is 50.9 Å². The number of halogens is 2. The smallest absolute Gasteiger partial charge is 0.227 e. The number of rotatable bonds is 6. The van der Waals surface area contributed by atoms with Crippen molar-refractivity contribution in [3.8, 4) is 0 Å². The Morgan fingerprint density at radius 1 is 1.29 bits per heavy atom. The minimum atomic E-state index is -0.326. The van der Waals surface area contributed by atoms with Crippen molar-refractivity contribution in [2.45, 2.75) is 11.4 Å². The predicted molar refractivity (Wildman–Crippen MR) is 92.8 cm³/mol. The third-order valence-electron chi connectivity index (χ3n) is 2.73. The molecule has 110 valence electrons. The zero-order chi connectivity index (χ0) is 15.2. The summed E-state index contributed by atoms with van der Waals surface area (Å²) in [7, 11) is 0. The van der Waals surface area contributed by atoms with E-state index in [0.717, 1.165) is 20.6 Å². The summed E-state index contributed by atoms with van der Waals surface area (Å²) >= 11 is 10.9. The van der Waals surface area contributed by atoms with Gasteiger partial charge in [-0.05, 0) is 35.9 Å². The van der Waals surface area contributed by atoms with Crippen LogP contribution in [0.15, 0.2) is 51.8 Å². The van der Waals surface area contributed by atoms with E-state index >= 15 is 0 Å². The Bertz CT molecular complexity index is 651. The summed E-state index contributed by atoms with van der Waals surface area (Å²) in [6.45, 7) is 0.634. The van der Waals surface area contributed by atoms with E-state index in [-0.39, 0.29) is 11.7 Å². The fourth-order valence-electron chi connectivity index (χ4n) is 1.76. The van der Waals surface area contributed by atoms with E-state index in [1.807, 2.05) is 42.5 Å². The molecule has 3 N–H and O–H groups in total. The van der Waals surface area contributed by atoms with E-state index in [2.05, 4.69) is 21.2 Å². The molecule has 0 radical (unpaired) electrons. The molecule has 1 amide bonds. The molecule has 0 aliphatic heterocycles. The van der Waals surface area contributed by atoms with Crippen LogP contribution in [0.3, 0.4) is 0 Å². The maximum Gasteiger partial charge on any atom is 0.227 e. The van der Waals surface area contributed by atoms with Crippen LogP contribution in [0, 0.1) is 0 Å². The van der Waals surface area contributed by atoms with Crippen molar-refractivity contribution in [2.24, 2.45) is 5.73 Å². The number of thioether (sulfide) groups is 1. The van der Waals surface area contributed by atoms with Crippen molar-refractivity contribution in [1.29, 1.82) is 0 Å². The molecule has 0 aliphatic rings. The molecule has 2 aromatic rings. The lowest BCUT2D eigenvalue weighted by Crippen LogP contribution is -2.13. The van der Waals surface area contributed by atoms with Crippen molar-refractivity contribution in [3.05, 3.63) is 57.5 Å². The summed E-state index contributed by atoms with van der Waals surface area (Å²) in [5.41, 5.74) is 7.23. The highest BCUT2D eigenvalue weighted by atomic mass is 79.9. The van der Waals surface area contributed by atoms with Crippen LogP contribution in [-0.4, -0.2) is 11.7 Å². The molecule has 21 heavy (non-hydrogen) atoms. The average Bonchev–Trinajstić information content (AvgIpc) is 2.47. The lowest BCUT2D eigenvalue weighted by Gasteiger charge is -2.12. The second-order valence-electron chi connectivity index (χ2n) is 4.34. The topological polar surface area (TPSA) is 55.1 Å². The Hall–Kier alpha value is -1.17. The van der Waals surface area contributed by atoms with Crippen LogP contribution in [0.25, 0.3) is 0 Å². The van der Waals surface area contributed by atoms with E-state index in [1.54, 1.807) is 0 Å². The first-order valence-corrected chi connectivity index (χ1v) is 8.40. The molecular formula is C15H14BrClN2OS. The number of carbonyl (C=O) groups is 1. The zero-order valence-corrected chi connectivity index (χ0v) is 14.3. The lowest BCUT2D eigenvalue weighted by atomic mass is 10.2. The van der Waals surface area contributed by atoms with Gasteiger partial charge in [0.15, 0.2) is 0 Å². The van der Waals surface area contributed by atoms with Crippen LogP contribution in [0.4, 0.5) is 5.69 Å². The molecule has 0 atom stereocenters.